The second-order valence-electron chi connectivity index (χ2n) is 2.84. The highest BCUT2D eigenvalue weighted by atomic mass is 16.5. The van der Waals surface area contributed by atoms with Gasteiger partial charge >= 0.3 is 0 Å². The second kappa shape index (κ2) is 5.47. The third kappa shape index (κ3) is 2.86. The number of methoxy groups -OCH3 is 1. The zero-order valence-electron chi connectivity index (χ0n) is 8.40. The fourth-order valence-electron chi connectivity index (χ4n) is 1.16. The Bertz CT molecular complexity index is 450. The number of nitriles is 2. The van der Waals surface area contributed by atoms with E-state index in [0.717, 1.165) is 5.56 Å². The molecule has 0 aliphatic heterocycles. The summed E-state index contributed by atoms with van der Waals surface area (Å²) in [6, 6.07) is 9.38. The van der Waals surface area contributed by atoms with E-state index in [1.54, 1.807) is 18.2 Å². The van der Waals surface area contributed by atoms with Crippen LogP contribution in [0.2, 0.25) is 0 Å². The zero-order chi connectivity index (χ0) is 11.1. The van der Waals surface area contributed by atoms with Gasteiger partial charge in [0.05, 0.1) is 25.2 Å². The Kier molecular flexibility index (Phi) is 3.94. The van der Waals surface area contributed by atoms with Gasteiger partial charge in [-0.15, -0.1) is 0 Å². The molecule has 74 valence electrons. The van der Waals surface area contributed by atoms with E-state index in [4.69, 9.17) is 15.3 Å². The smallest absolute Gasteiger partial charge is 0.136 e. The summed E-state index contributed by atoms with van der Waals surface area (Å²) in [5.41, 5.74) is 1.39. The lowest BCUT2D eigenvalue weighted by Gasteiger charge is -2.02. The molecule has 1 aromatic rings. The average Bonchev–Trinajstić information content (AvgIpc) is 2.29. The van der Waals surface area contributed by atoms with Crippen LogP contribution in [0.5, 0.6) is 5.75 Å². The Morgan fingerprint density at radius 2 is 2.20 bits per heavy atom. The standard InChI is InChI=1S/C12H10N2O/c1-15-12-6-5-10(4-2-3-7-13)8-11(12)9-14/h2,4-6,8H,3H2,1H3. The number of benzene rings is 1. The Hall–Kier alpha value is -2.26. The molecule has 0 N–H and O–H groups in total. The highest BCUT2D eigenvalue weighted by Crippen LogP contribution is 2.19. The lowest BCUT2D eigenvalue weighted by atomic mass is 10.1. The van der Waals surface area contributed by atoms with Gasteiger partial charge in [0, 0.05) is 0 Å². The van der Waals surface area contributed by atoms with Crippen LogP contribution in [-0.2, 0) is 0 Å². The molecule has 0 atom stereocenters. The zero-order valence-corrected chi connectivity index (χ0v) is 8.40. The molecule has 0 unspecified atom stereocenters. The van der Waals surface area contributed by atoms with Crippen LogP contribution in [0, 0.1) is 22.7 Å². The summed E-state index contributed by atoms with van der Waals surface area (Å²) in [6.45, 7) is 0. The molecule has 0 fully saturated rings. The molecule has 0 spiro atoms. The van der Waals surface area contributed by atoms with Gasteiger partial charge in [0.2, 0.25) is 0 Å². The summed E-state index contributed by atoms with van der Waals surface area (Å²) in [6.07, 6.45) is 3.93. The number of allylic oxidation sites excluding steroid dienone is 1. The van der Waals surface area contributed by atoms with Gasteiger partial charge in [-0.3, -0.25) is 0 Å². The molecule has 0 aliphatic rings. The van der Waals surface area contributed by atoms with Crippen molar-refractivity contribution in [3.05, 3.63) is 35.4 Å². The Labute approximate surface area is 88.8 Å². The first-order valence-corrected chi connectivity index (χ1v) is 4.43. The molecule has 0 radical (unpaired) electrons. The van der Waals surface area contributed by atoms with Gasteiger partial charge in [-0.1, -0.05) is 18.2 Å². The van der Waals surface area contributed by atoms with Crippen molar-refractivity contribution >= 4 is 6.08 Å². The van der Waals surface area contributed by atoms with E-state index in [9.17, 15) is 0 Å². The molecule has 15 heavy (non-hydrogen) atoms. The largest absolute Gasteiger partial charge is 0.495 e. The van der Waals surface area contributed by atoms with E-state index in [1.807, 2.05) is 18.2 Å². The fourth-order valence-corrected chi connectivity index (χ4v) is 1.16. The van der Waals surface area contributed by atoms with Crippen LogP contribution in [0.4, 0.5) is 0 Å². The molecular formula is C12H10N2O. The fraction of sp³-hybridized carbons (Fsp3) is 0.167. The number of rotatable bonds is 3. The molecule has 0 amide bonds. The van der Waals surface area contributed by atoms with Crippen LogP contribution in [0.1, 0.15) is 17.5 Å². The number of hydrogen-bond donors (Lipinski definition) is 0. The SMILES string of the molecule is COc1ccc(C=CCC#N)cc1C#N. The molecule has 0 saturated heterocycles. The van der Waals surface area contributed by atoms with Gasteiger partial charge in [-0.25, -0.2) is 0 Å². The summed E-state index contributed by atoms with van der Waals surface area (Å²) in [5, 5.41) is 17.2. The first-order chi connectivity index (χ1) is 7.31. The summed E-state index contributed by atoms with van der Waals surface area (Å²) in [5.74, 6) is 0.565. The van der Waals surface area contributed by atoms with Crippen LogP contribution in [0.25, 0.3) is 6.08 Å². The number of hydrogen-bond acceptors (Lipinski definition) is 3. The van der Waals surface area contributed by atoms with Crippen molar-refractivity contribution < 1.29 is 4.74 Å². The normalized spacial score (nSPS) is 9.53. The minimum absolute atomic E-state index is 0.369. The first kappa shape index (κ1) is 10.8. The molecule has 0 aliphatic carbocycles. The van der Waals surface area contributed by atoms with Crippen molar-refractivity contribution in [2.24, 2.45) is 0 Å². The molecule has 0 heterocycles. The second-order valence-corrected chi connectivity index (χ2v) is 2.84. The number of ether oxygens (including phenoxy) is 1. The maximum atomic E-state index is 8.84. The van der Waals surface area contributed by atoms with Gasteiger partial charge in [0.25, 0.3) is 0 Å². The summed E-state index contributed by atoms with van der Waals surface area (Å²) in [4.78, 5) is 0. The third-order valence-electron chi connectivity index (χ3n) is 1.86. The average molecular weight is 198 g/mol. The van der Waals surface area contributed by atoms with Crippen LogP contribution in [-0.4, -0.2) is 7.11 Å². The molecule has 1 rings (SSSR count). The van der Waals surface area contributed by atoms with Gasteiger partial charge in [0.15, 0.2) is 0 Å². The van der Waals surface area contributed by atoms with Crippen LogP contribution >= 0.6 is 0 Å². The van der Waals surface area contributed by atoms with Gasteiger partial charge in [0.1, 0.15) is 11.8 Å². The Balaban J connectivity index is 2.95. The lowest BCUT2D eigenvalue weighted by molar-refractivity contribution is 0.413. The lowest BCUT2D eigenvalue weighted by Crippen LogP contribution is -1.87. The van der Waals surface area contributed by atoms with E-state index in [1.165, 1.54) is 7.11 Å². The van der Waals surface area contributed by atoms with Crippen LogP contribution < -0.4 is 4.74 Å². The van der Waals surface area contributed by atoms with E-state index >= 15 is 0 Å². The monoisotopic (exact) mass is 198 g/mol. The molecule has 0 saturated carbocycles. The third-order valence-corrected chi connectivity index (χ3v) is 1.86. The van der Waals surface area contributed by atoms with E-state index in [-0.39, 0.29) is 0 Å². The molecule has 3 heteroatoms. The van der Waals surface area contributed by atoms with Crippen molar-refractivity contribution in [3.63, 3.8) is 0 Å². The van der Waals surface area contributed by atoms with Crippen LogP contribution in [0.3, 0.4) is 0 Å². The highest BCUT2D eigenvalue weighted by Gasteiger charge is 2.01. The van der Waals surface area contributed by atoms with E-state index in [0.29, 0.717) is 17.7 Å². The summed E-state index contributed by atoms with van der Waals surface area (Å²) >= 11 is 0. The molecule has 3 nitrogen and oxygen atoms in total. The Morgan fingerprint density at radius 3 is 2.80 bits per heavy atom. The van der Waals surface area contributed by atoms with Crippen molar-refractivity contribution in [2.75, 3.05) is 7.11 Å². The van der Waals surface area contributed by atoms with Crippen molar-refractivity contribution in [1.82, 2.24) is 0 Å². The summed E-state index contributed by atoms with van der Waals surface area (Å²) < 4.78 is 5.02. The first-order valence-electron chi connectivity index (χ1n) is 4.43. The van der Waals surface area contributed by atoms with Crippen LogP contribution in [0.15, 0.2) is 24.3 Å². The van der Waals surface area contributed by atoms with Gasteiger partial charge < -0.3 is 4.74 Å². The summed E-state index contributed by atoms with van der Waals surface area (Å²) in [7, 11) is 1.53. The Morgan fingerprint density at radius 1 is 1.40 bits per heavy atom. The highest BCUT2D eigenvalue weighted by molar-refractivity contribution is 5.56. The molecule has 1 aromatic carbocycles. The van der Waals surface area contributed by atoms with Crippen molar-refractivity contribution in [1.29, 1.82) is 10.5 Å². The molecule has 0 bridgehead atoms. The quantitative estimate of drug-likeness (QED) is 0.749. The van der Waals surface area contributed by atoms with Crippen molar-refractivity contribution in [3.8, 4) is 17.9 Å². The maximum Gasteiger partial charge on any atom is 0.136 e. The van der Waals surface area contributed by atoms with Gasteiger partial charge in [-0.05, 0) is 17.7 Å². The topological polar surface area (TPSA) is 56.8 Å². The van der Waals surface area contributed by atoms with E-state index < -0.39 is 0 Å². The molecule has 0 aromatic heterocycles. The maximum absolute atomic E-state index is 8.84. The minimum Gasteiger partial charge on any atom is -0.495 e. The predicted molar refractivity (Wildman–Crippen MR) is 57.0 cm³/mol. The predicted octanol–water partition coefficient (Wildman–Crippen LogP) is 2.49. The number of nitrogens with zero attached hydrogens (tertiary/aromatic N) is 2. The van der Waals surface area contributed by atoms with Crippen molar-refractivity contribution in [2.45, 2.75) is 6.42 Å². The van der Waals surface area contributed by atoms with Gasteiger partial charge in [-0.2, -0.15) is 10.5 Å². The van der Waals surface area contributed by atoms with E-state index in [2.05, 4.69) is 6.07 Å². The molecular weight excluding hydrogens is 188 g/mol. The minimum atomic E-state index is 0.369.